The van der Waals surface area contributed by atoms with Gasteiger partial charge >= 0.3 is 6.09 Å². The van der Waals surface area contributed by atoms with E-state index in [2.05, 4.69) is 15.6 Å². The minimum Gasteiger partial charge on any atom is -0.444 e. The smallest absolute Gasteiger partial charge is 0.410 e. The highest BCUT2D eigenvalue weighted by atomic mass is 127. The molecule has 1 saturated heterocycles. The van der Waals surface area contributed by atoms with Gasteiger partial charge in [0.25, 0.3) is 0 Å². The molecule has 29 heavy (non-hydrogen) atoms. The first-order chi connectivity index (χ1) is 13.2. The minimum absolute atomic E-state index is 0. The van der Waals surface area contributed by atoms with E-state index in [1.807, 2.05) is 26.8 Å². The fraction of sp³-hybridized carbons (Fsp3) is 0.550. The third-order valence-corrected chi connectivity index (χ3v) is 4.27. The Hall–Kier alpha value is -2.09. The average Bonchev–Trinajstić information content (AvgIpc) is 2.64. The summed E-state index contributed by atoms with van der Waals surface area (Å²) >= 11 is 0. The van der Waals surface area contributed by atoms with Crippen LogP contribution in [0.5, 0.6) is 0 Å². The van der Waals surface area contributed by atoms with E-state index in [9.17, 15) is 9.18 Å². The summed E-state index contributed by atoms with van der Waals surface area (Å²) in [6.07, 6.45) is 1.44. The number of ether oxygens (including phenoxy) is 1. The molecule has 1 aromatic carbocycles. The summed E-state index contributed by atoms with van der Waals surface area (Å²) in [5, 5.41) is 15.2. The summed E-state index contributed by atoms with van der Waals surface area (Å²) in [7, 11) is 1.64. The second-order valence-corrected chi connectivity index (χ2v) is 7.75. The summed E-state index contributed by atoms with van der Waals surface area (Å²) in [5.41, 5.74) is 0.203. The highest BCUT2D eigenvalue weighted by molar-refractivity contribution is 14.0. The van der Waals surface area contributed by atoms with E-state index in [0.717, 1.165) is 12.8 Å². The second-order valence-electron chi connectivity index (χ2n) is 7.75. The third-order valence-electron chi connectivity index (χ3n) is 4.27. The van der Waals surface area contributed by atoms with E-state index in [4.69, 9.17) is 10.00 Å². The highest BCUT2D eigenvalue weighted by Crippen LogP contribution is 2.15. The third kappa shape index (κ3) is 8.04. The number of carbonyl (C=O) groups excluding carboxylic acids is 1. The zero-order valence-electron chi connectivity index (χ0n) is 17.3. The number of aliphatic imine (C=N–C) groups is 1. The number of nitrogens with zero attached hydrogens (tertiary/aromatic N) is 3. The van der Waals surface area contributed by atoms with Crippen LogP contribution in [0.15, 0.2) is 23.2 Å². The maximum absolute atomic E-state index is 14.0. The van der Waals surface area contributed by atoms with Gasteiger partial charge in [-0.25, -0.2) is 9.18 Å². The molecule has 2 rings (SSSR count). The fourth-order valence-electron chi connectivity index (χ4n) is 2.91. The Labute approximate surface area is 188 Å². The zero-order valence-corrected chi connectivity index (χ0v) is 19.6. The lowest BCUT2D eigenvalue weighted by Crippen LogP contribution is -2.53. The molecule has 0 radical (unpaired) electrons. The predicted molar refractivity (Wildman–Crippen MR) is 121 cm³/mol. The first kappa shape index (κ1) is 24.9. The van der Waals surface area contributed by atoms with Gasteiger partial charge in [-0.05, 0) is 45.7 Å². The second kappa shape index (κ2) is 11.2. The standard InChI is InChI=1S/C20H28FN5O2.HI/c1-20(2,3)28-19(27)26-9-5-6-16(13-26)25-18(23-4)24-12-15-8-7-14(11-22)10-17(15)21;/h7-8,10,16H,5-6,9,12-13H2,1-4H3,(H2,23,24,25);1H. The monoisotopic (exact) mass is 517 g/mol. The number of halogens is 2. The van der Waals surface area contributed by atoms with Crippen LogP contribution >= 0.6 is 24.0 Å². The van der Waals surface area contributed by atoms with Crippen molar-refractivity contribution in [1.82, 2.24) is 15.5 Å². The maximum Gasteiger partial charge on any atom is 0.410 e. The summed E-state index contributed by atoms with van der Waals surface area (Å²) in [6, 6.07) is 6.32. The summed E-state index contributed by atoms with van der Waals surface area (Å²) in [5.74, 6) is 0.0931. The van der Waals surface area contributed by atoms with Crippen molar-refractivity contribution in [2.24, 2.45) is 4.99 Å². The van der Waals surface area contributed by atoms with Gasteiger partial charge in [0.05, 0.1) is 11.6 Å². The van der Waals surface area contributed by atoms with Crippen molar-refractivity contribution < 1.29 is 13.9 Å². The lowest BCUT2D eigenvalue weighted by Gasteiger charge is -2.35. The summed E-state index contributed by atoms with van der Waals surface area (Å²) < 4.78 is 19.5. The van der Waals surface area contributed by atoms with E-state index in [1.165, 1.54) is 6.07 Å². The molecule has 9 heteroatoms. The first-order valence-electron chi connectivity index (χ1n) is 9.35. The molecule has 2 N–H and O–H groups in total. The number of amides is 1. The lowest BCUT2D eigenvalue weighted by atomic mass is 10.1. The molecule has 1 aromatic rings. The van der Waals surface area contributed by atoms with E-state index >= 15 is 0 Å². The van der Waals surface area contributed by atoms with Gasteiger partial charge in [-0.2, -0.15) is 5.26 Å². The molecule has 1 aliphatic heterocycles. The van der Waals surface area contributed by atoms with Crippen LogP contribution in [0.4, 0.5) is 9.18 Å². The Morgan fingerprint density at radius 1 is 1.45 bits per heavy atom. The molecule has 160 valence electrons. The predicted octanol–water partition coefficient (Wildman–Crippen LogP) is 3.38. The van der Waals surface area contributed by atoms with Gasteiger partial charge in [0, 0.05) is 38.3 Å². The van der Waals surface area contributed by atoms with Gasteiger partial charge in [0.15, 0.2) is 5.96 Å². The number of benzene rings is 1. The highest BCUT2D eigenvalue weighted by Gasteiger charge is 2.28. The Morgan fingerprint density at radius 3 is 2.76 bits per heavy atom. The molecule has 1 fully saturated rings. The number of nitrogens with one attached hydrogen (secondary N) is 2. The first-order valence-corrected chi connectivity index (χ1v) is 9.35. The molecule has 1 atom stereocenters. The molecule has 0 bridgehead atoms. The number of nitriles is 1. The van der Waals surface area contributed by atoms with Crippen molar-refractivity contribution in [2.45, 2.75) is 51.8 Å². The van der Waals surface area contributed by atoms with Crippen molar-refractivity contribution in [3.63, 3.8) is 0 Å². The molecular weight excluding hydrogens is 488 g/mol. The summed E-state index contributed by atoms with van der Waals surface area (Å²) in [4.78, 5) is 18.1. The van der Waals surface area contributed by atoms with Crippen LogP contribution < -0.4 is 10.6 Å². The average molecular weight is 517 g/mol. The van der Waals surface area contributed by atoms with Crippen LogP contribution in [0.3, 0.4) is 0 Å². The van der Waals surface area contributed by atoms with Crippen molar-refractivity contribution in [3.05, 3.63) is 35.1 Å². The maximum atomic E-state index is 14.0. The van der Waals surface area contributed by atoms with E-state index in [-0.39, 0.29) is 48.2 Å². The molecule has 0 spiro atoms. The van der Waals surface area contributed by atoms with Gasteiger partial charge < -0.3 is 20.3 Å². The number of piperidine rings is 1. The van der Waals surface area contributed by atoms with Crippen LogP contribution in [0.1, 0.15) is 44.7 Å². The Balaban J connectivity index is 0.00000420. The number of hydrogen-bond acceptors (Lipinski definition) is 4. The zero-order chi connectivity index (χ0) is 20.7. The van der Waals surface area contributed by atoms with Crippen molar-refractivity contribution >= 4 is 36.0 Å². The molecule has 0 aliphatic carbocycles. The van der Waals surface area contributed by atoms with Gasteiger partial charge in [-0.1, -0.05) is 6.07 Å². The van der Waals surface area contributed by atoms with Crippen LogP contribution in [0.25, 0.3) is 0 Å². The molecule has 1 heterocycles. The van der Waals surface area contributed by atoms with Crippen LogP contribution in [-0.4, -0.2) is 48.7 Å². The van der Waals surface area contributed by atoms with Crippen LogP contribution in [0, 0.1) is 17.1 Å². The van der Waals surface area contributed by atoms with Crippen molar-refractivity contribution in [1.29, 1.82) is 5.26 Å². The fourth-order valence-corrected chi connectivity index (χ4v) is 2.91. The SMILES string of the molecule is CN=C(NCc1ccc(C#N)cc1F)NC1CCCN(C(=O)OC(C)(C)C)C1.I. The molecule has 1 unspecified atom stereocenters. The number of carbonyl (C=O) groups is 1. The Bertz CT molecular complexity index is 773. The largest absolute Gasteiger partial charge is 0.444 e. The van der Waals surface area contributed by atoms with Gasteiger partial charge in [0.1, 0.15) is 11.4 Å². The Morgan fingerprint density at radius 2 is 2.17 bits per heavy atom. The Kier molecular flexibility index (Phi) is 9.62. The lowest BCUT2D eigenvalue weighted by molar-refractivity contribution is 0.0193. The van der Waals surface area contributed by atoms with E-state index < -0.39 is 11.4 Å². The summed E-state index contributed by atoms with van der Waals surface area (Å²) in [6.45, 7) is 6.95. The van der Waals surface area contributed by atoms with Crippen LogP contribution in [-0.2, 0) is 11.3 Å². The van der Waals surface area contributed by atoms with Gasteiger partial charge in [0.2, 0.25) is 0 Å². The van der Waals surface area contributed by atoms with Gasteiger partial charge in [-0.3, -0.25) is 4.99 Å². The quantitative estimate of drug-likeness (QED) is 0.365. The van der Waals surface area contributed by atoms with Crippen molar-refractivity contribution in [3.8, 4) is 6.07 Å². The van der Waals surface area contributed by atoms with Crippen molar-refractivity contribution in [2.75, 3.05) is 20.1 Å². The van der Waals surface area contributed by atoms with Gasteiger partial charge in [-0.15, -0.1) is 24.0 Å². The van der Waals surface area contributed by atoms with E-state index in [0.29, 0.717) is 24.6 Å². The normalized spacial score (nSPS) is 17.0. The molecule has 0 aromatic heterocycles. The van der Waals surface area contributed by atoms with Crippen LogP contribution in [0.2, 0.25) is 0 Å². The topological polar surface area (TPSA) is 89.8 Å². The minimum atomic E-state index is -0.528. The number of likely N-dealkylation sites (tertiary alicyclic amines) is 1. The molecular formula is C20H29FIN5O2. The molecule has 1 amide bonds. The molecule has 1 aliphatic rings. The van der Waals surface area contributed by atoms with E-state index in [1.54, 1.807) is 24.1 Å². The number of guanidine groups is 1. The molecule has 0 saturated carbocycles. The number of hydrogen-bond donors (Lipinski definition) is 2. The molecule has 7 nitrogen and oxygen atoms in total. The number of rotatable bonds is 3.